The van der Waals surface area contributed by atoms with E-state index >= 15 is 0 Å². The van der Waals surface area contributed by atoms with Crippen LogP contribution in [0.15, 0.2) is 32.7 Å². The van der Waals surface area contributed by atoms with Gasteiger partial charge >= 0.3 is 0 Å². The topological polar surface area (TPSA) is 33.4 Å². The van der Waals surface area contributed by atoms with Gasteiger partial charge in [0.15, 0.2) is 0 Å². The van der Waals surface area contributed by atoms with Crippen LogP contribution in [0, 0.1) is 6.92 Å². The van der Waals surface area contributed by atoms with Gasteiger partial charge in [0.2, 0.25) is 0 Å². The molecule has 2 rings (SSSR count). The number of hydrogen-bond acceptors (Lipinski definition) is 3. The largest absolute Gasteiger partial charge is 0.469 e. The van der Waals surface area contributed by atoms with Gasteiger partial charge in [-0.25, -0.2) is 0 Å². The molecule has 0 radical (unpaired) electrons. The van der Waals surface area contributed by atoms with E-state index in [1.54, 1.807) is 17.6 Å². The maximum Gasteiger partial charge on any atom is 0.106 e. The summed E-state index contributed by atoms with van der Waals surface area (Å²) in [4.78, 5) is 0.968. The van der Waals surface area contributed by atoms with Crippen LogP contribution in [0.4, 0.5) is 0 Å². The molecule has 15 heavy (non-hydrogen) atoms. The monoisotopic (exact) mass is 286 g/mol. The highest BCUT2D eigenvalue weighted by atomic mass is 79.9. The first-order valence-electron chi connectivity index (χ1n) is 4.63. The third kappa shape index (κ3) is 2.51. The number of hydrogen-bond donors (Lipinski definition) is 1. The Morgan fingerprint density at radius 3 is 2.93 bits per heavy atom. The Morgan fingerprint density at radius 1 is 1.60 bits per heavy atom. The molecule has 2 aromatic heterocycles. The molecule has 0 aliphatic heterocycles. The molecule has 1 atom stereocenters. The van der Waals surface area contributed by atoms with Gasteiger partial charge < -0.3 is 9.52 Å². The lowest BCUT2D eigenvalue weighted by Gasteiger charge is -2.05. The second kappa shape index (κ2) is 4.51. The molecule has 1 unspecified atom stereocenters. The van der Waals surface area contributed by atoms with Crippen LogP contribution in [0.2, 0.25) is 0 Å². The molecule has 0 saturated carbocycles. The van der Waals surface area contributed by atoms with E-state index in [0.29, 0.717) is 6.42 Å². The maximum atomic E-state index is 9.96. The summed E-state index contributed by atoms with van der Waals surface area (Å²) in [5.41, 5.74) is 1.16. The van der Waals surface area contributed by atoms with Crippen molar-refractivity contribution in [2.45, 2.75) is 19.4 Å². The zero-order chi connectivity index (χ0) is 10.8. The Balaban J connectivity index is 2.11. The summed E-state index contributed by atoms with van der Waals surface area (Å²) in [5.74, 6) is 0.810. The lowest BCUT2D eigenvalue weighted by atomic mass is 10.1. The van der Waals surface area contributed by atoms with Crippen molar-refractivity contribution in [1.82, 2.24) is 0 Å². The predicted molar refractivity (Wildman–Crippen MR) is 64.1 cm³/mol. The van der Waals surface area contributed by atoms with E-state index in [1.165, 1.54) is 0 Å². The standard InChI is InChI=1S/C11H11BrO2S/c1-7-5-10(15-11(7)12)9(13)6-8-3-2-4-14-8/h2-5,9,13H,6H2,1H3. The van der Waals surface area contributed by atoms with Gasteiger partial charge in [0.05, 0.1) is 16.2 Å². The smallest absolute Gasteiger partial charge is 0.106 e. The number of thiophene rings is 1. The molecule has 0 amide bonds. The van der Waals surface area contributed by atoms with Crippen LogP contribution in [-0.4, -0.2) is 5.11 Å². The first-order valence-corrected chi connectivity index (χ1v) is 6.24. The fourth-order valence-electron chi connectivity index (χ4n) is 1.37. The van der Waals surface area contributed by atoms with Crippen LogP contribution >= 0.6 is 27.3 Å². The third-order valence-electron chi connectivity index (χ3n) is 2.18. The summed E-state index contributed by atoms with van der Waals surface area (Å²) in [6.07, 6.45) is 1.67. The number of aryl methyl sites for hydroxylation is 1. The van der Waals surface area contributed by atoms with Crippen LogP contribution in [0.3, 0.4) is 0 Å². The normalized spacial score (nSPS) is 13.0. The molecule has 80 valence electrons. The zero-order valence-electron chi connectivity index (χ0n) is 8.24. The lowest BCUT2D eigenvalue weighted by molar-refractivity contribution is 0.174. The first kappa shape index (κ1) is 10.9. The molecule has 2 heterocycles. The van der Waals surface area contributed by atoms with Gasteiger partial charge in [-0.3, -0.25) is 0 Å². The van der Waals surface area contributed by atoms with Crippen molar-refractivity contribution in [2.75, 3.05) is 0 Å². The van der Waals surface area contributed by atoms with Gasteiger partial charge in [0.25, 0.3) is 0 Å². The van der Waals surface area contributed by atoms with Crippen molar-refractivity contribution in [3.63, 3.8) is 0 Å². The summed E-state index contributed by atoms with van der Waals surface area (Å²) in [7, 11) is 0. The van der Waals surface area contributed by atoms with E-state index < -0.39 is 6.10 Å². The Labute approximate surface area is 101 Å². The van der Waals surface area contributed by atoms with Gasteiger partial charge in [-0.05, 0) is 46.6 Å². The number of aliphatic hydroxyl groups excluding tert-OH is 1. The Bertz CT molecular complexity index is 414. The molecule has 0 fully saturated rings. The third-order valence-corrected chi connectivity index (χ3v) is 4.42. The van der Waals surface area contributed by atoms with Crippen molar-refractivity contribution in [1.29, 1.82) is 0 Å². The average Bonchev–Trinajstić information content (AvgIpc) is 2.78. The van der Waals surface area contributed by atoms with E-state index in [9.17, 15) is 5.11 Å². The molecule has 0 aliphatic rings. The highest BCUT2D eigenvalue weighted by Crippen LogP contribution is 2.32. The van der Waals surface area contributed by atoms with Crippen molar-refractivity contribution >= 4 is 27.3 Å². The predicted octanol–water partition coefficient (Wildman–Crippen LogP) is 3.69. The van der Waals surface area contributed by atoms with E-state index in [4.69, 9.17) is 4.42 Å². The van der Waals surface area contributed by atoms with Gasteiger partial charge in [-0.1, -0.05) is 0 Å². The van der Waals surface area contributed by atoms with Crippen molar-refractivity contribution in [3.05, 3.63) is 44.4 Å². The molecule has 2 nitrogen and oxygen atoms in total. The second-order valence-corrected chi connectivity index (χ2v) is 5.81. The minimum Gasteiger partial charge on any atom is -0.469 e. The SMILES string of the molecule is Cc1cc(C(O)Cc2ccco2)sc1Br. The Hall–Kier alpha value is -0.580. The van der Waals surface area contributed by atoms with Crippen LogP contribution in [0.25, 0.3) is 0 Å². The van der Waals surface area contributed by atoms with E-state index in [-0.39, 0.29) is 0 Å². The summed E-state index contributed by atoms with van der Waals surface area (Å²) < 4.78 is 6.28. The zero-order valence-corrected chi connectivity index (χ0v) is 10.6. The number of halogens is 1. The maximum absolute atomic E-state index is 9.96. The minimum atomic E-state index is -0.480. The Kier molecular flexibility index (Phi) is 3.29. The van der Waals surface area contributed by atoms with Gasteiger partial charge in [0.1, 0.15) is 5.76 Å². The molecule has 2 aromatic rings. The average molecular weight is 287 g/mol. The second-order valence-electron chi connectivity index (χ2n) is 3.40. The van der Waals surface area contributed by atoms with Crippen molar-refractivity contribution in [2.24, 2.45) is 0 Å². The summed E-state index contributed by atoms with van der Waals surface area (Å²) in [5, 5.41) is 9.96. The molecule has 0 spiro atoms. The molecule has 0 saturated heterocycles. The van der Waals surface area contributed by atoms with E-state index in [2.05, 4.69) is 15.9 Å². The van der Waals surface area contributed by atoms with Crippen LogP contribution in [-0.2, 0) is 6.42 Å². The molecular formula is C11H11BrO2S. The molecule has 4 heteroatoms. The van der Waals surface area contributed by atoms with Gasteiger partial charge in [0, 0.05) is 11.3 Å². The first-order chi connectivity index (χ1) is 7.16. The minimum absolute atomic E-state index is 0.480. The number of rotatable bonds is 3. The van der Waals surface area contributed by atoms with Crippen LogP contribution in [0.1, 0.15) is 22.3 Å². The molecule has 1 N–H and O–H groups in total. The summed E-state index contributed by atoms with van der Waals surface area (Å²) >= 11 is 5.02. The van der Waals surface area contributed by atoms with E-state index in [0.717, 1.165) is 20.0 Å². The van der Waals surface area contributed by atoms with Crippen molar-refractivity contribution in [3.8, 4) is 0 Å². The van der Waals surface area contributed by atoms with Gasteiger partial charge in [-0.2, -0.15) is 0 Å². The van der Waals surface area contributed by atoms with Crippen LogP contribution in [0.5, 0.6) is 0 Å². The Morgan fingerprint density at radius 2 is 2.40 bits per heavy atom. The fraction of sp³-hybridized carbons (Fsp3) is 0.273. The number of furan rings is 1. The fourth-order valence-corrected chi connectivity index (χ4v) is 2.92. The van der Waals surface area contributed by atoms with Crippen molar-refractivity contribution < 1.29 is 9.52 Å². The van der Waals surface area contributed by atoms with Gasteiger partial charge in [-0.15, -0.1) is 11.3 Å². The summed E-state index contributed by atoms with van der Waals surface area (Å²) in [6, 6.07) is 5.71. The number of aliphatic hydroxyl groups is 1. The quantitative estimate of drug-likeness (QED) is 0.934. The molecule has 0 aromatic carbocycles. The molecule has 0 bridgehead atoms. The van der Waals surface area contributed by atoms with E-state index in [1.807, 2.05) is 25.1 Å². The highest BCUT2D eigenvalue weighted by Gasteiger charge is 2.14. The lowest BCUT2D eigenvalue weighted by Crippen LogP contribution is -1.98. The van der Waals surface area contributed by atoms with Crippen LogP contribution < -0.4 is 0 Å². The molecular weight excluding hydrogens is 276 g/mol. The molecule has 0 aliphatic carbocycles. The highest BCUT2D eigenvalue weighted by molar-refractivity contribution is 9.11. The summed E-state index contributed by atoms with van der Waals surface area (Å²) in [6.45, 7) is 2.02.